The Hall–Kier alpha value is -0.130. The summed E-state index contributed by atoms with van der Waals surface area (Å²) >= 11 is 0. The van der Waals surface area contributed by atoms with Crippen molar-refractivity contribution in [3.05, 3.63) is 0 Å². The Labute approximate surface area is 98.3 Å². The van der Waals surface area contributed by atoms with Gasteiger partial charge >= 0.3 is 0 Å². The molecule has 1 aliphatic carbocycles. The van der Waals surface area contributed by atoms with Gasteiger partial charge in [0.05, 0.1) is 11.5 Å². The molecule has 2 aliphatic rings. The van der Waals surface area contributed by atoms with E-state index in [1.165, 1.54) is 25.7 Å². The van der Waals surface area contributed by atoms with Gasteiger partial charge in [-0.2, -0.15) is 0 Å². The molecule has 0 radical (unpaired) electrons. The van der Waals surface area contributed by atoms with E-state index in [1.54, 1.807) is 0 Å². The highest BCUT2D eigenvalue weighted by Crippen LogP contribution is 2.24. The lowest BCUT2D eigenvalue weighted by Gasteiger charge is -2.38. The van der Waals surface area contributed by atoms with Crippen molar-refractivity contribution in [2.24, 2.45) is 0 Å². The standard InChI is InChI=1S/C11H22N2O2S/c1-12-10-2-4-11(5-3-10)13-6-8-16(14,15)9-7-13/h10-12H,2-9H2,1H3. The van der Waals surface area contributed by atoms with E-state index in [0.29, 0.717) is 23.6 Å². The first kappa shape index (κ1) is 12.3. The van der Waals surface area contributed by atoms with E-state index in [0.717, 1.165) is 13.1 Å². The Morgan fingerprint density at radius 3 is 2.12 bits per heavy atom. The van der Waals surface area contributed by atoms with Gasteiger partial charge in [0.15, 0.2) is 9.84 Å². The van der Waals surface area contributed by atoms with Crippen LogP contribution in [0.5, 0.6) is 0 Å². The number of hydrogen-bond acceptors (Lipinski definition) is 4. The second-order valence-electron chi connectivity index (χ2n) is 4.98. The largest absolute Gasteiger partial charge is 0.317 e. The number of rotatable bonds is 2. The van der Waals surface area contributed by atoms with Crippen molar-refractivity contribution >= 4 is 9.84 Å². The zero-order valence-corrected chi connectivity index (χ0v) is 10.8. The van der Waals surface area contributed by atoms with Crippen LogP contribution in [0, 0.1) is 0 Å². The summed E-state index contributed by atoms with van der Waals surface area (Å²) < 4.78 is 22.7. The molecular weight excluding hydrogens is 224 g/mol. The summed E-state index contributed by atoms with van der Waals surface area (Å²) in [6.07, 6.45) is 4.88. The van der Waals surface area contributed by atoms with Crippen LogP contribution in [-0.4, -0.2) is 57.0 Å². The number of nitrogens with zero attached hydrogens (tertiary/aromatic N) is 1. The molecule has 0 aromatic heterocycles. The minimum absolute atomic E-state index is 0.360. The van der Waals surface area contributed by atoms with Crippen molar-refractivity contribution in [3.63, 3.8) is 0 Å². The summed E-state index contributed by atoms with van der Waals surface area (Å²) in [5.74, 6) is 0.720. The van der Waals surface area contributed by atoms with Crippen molar-refractivity contribution in [3.8, 4) is 0 Å². The van der Waals surface area contributed by atoms with Crippen molar-refractivity contribution in [2.75, 3.05) is 31.6 Å². The summed E-state index contributed by atoms with van der Waals surface area (Å²) in [7, 11) is -0.698. The van der Waals surface area contributed by atoms with E-state index in [-0.39, 0.29) is 0 Å². The molecule has 0 amide bonds. The average Bonchev–Trinajstić information content (AvgIpc) is 2.29. The van der Waals surface area contributed by atoms with E-state index in [2.05, 4.69) is 10.2 Å². The van der Waals surface area contributed by atoms with Gasteiger partial charge in [-0.25, -0.2) is 8.42 Å². The molecule has 1 saturated heterocycles. The summed E-state index contributed by atoms with van der Waals surface area (Å²) in [5, 5.41) is 3.33. The smallest absolute Gasteiger partial charge is 0.152 e. The van der Waals surface area contributed by atoms with E-state index >= 15 is 0 Å². The van der Waals surface area contributed by atoms with Crippen LogP contribution in [0.1, 0.15) is 25.7 Å². The second kappa shape index (κ2) is 5.02. The minimum Gasteiger partial charge on any atom is -0.317 e. The second-order valence-corrected chi connectivity index (χ2v) is 7.29. The summed E-state index contributed by atoms with van der Waals surface area (Å²) in [5.41, 5.74) is 0. The van der Waals surface area contributed by atoms with Gasteiger partial charge in [-0.1, -0.05) is 0 Å². The van der Waals surface area contributed by atoms with Crippen LogP contribution in [-0.2, 0) is 9.84 Å². The Kier molecular flexibility index (Phi) is 3.87. The minimum atomic E-state index is -2.72. The van der Waals surface area contributed by atoms with Crippen molar-refractivity contribution in [2.45, 2.75) is 37.8 Å². The lowest BCUT2D eigenvalue weighted by atomic mass is 9.90. The monoisotopic (exact) mass is 246 g/mol. The van der Waals surface area contributed by atoms with E-state index < -0.39 is 9.84 Å². The van der Waals surface area contributed by atoms with E-state index in [9.17, 15) is 8.42 Å². The third-order valence-electron chi connectivity index (χ3n) is 4.00. The van der Waals surface area contributed by atoms with Crippen LogP contribution in [0.15, 0.2) is 0 Å². The van der Waals surface area contributed by atoms with Gasteiger partial charge in [0.25, 0.3) is 0 Å². The molecule has 0 spiro atoms. The van der Waals surface area contributed by atoms with Gasteiger partial charge in [0.2, 0.25) is 0 Å². The number of nitrogens with one attached hydrogen (secondary N) is 1. The van der Waals surface area contributed by atoms with Crippen molar-refractivity contribution < 1.29 is 8.42 Å². The predicted octanol–water partition coefficient (Wildman–Crippen LogP) is 0.247. The summed E-state index contributed by atoms with van der Waals surface area (Å²) in [6.45, 7) is 1.49. The predicted molar refractivity (Wildman–Crippen MR) is 65.3 cm³/mol. The first-order valence-electron chi connectivity index (χ1n) is 6.22. The SMILES string of the molecule is CNC1CCC(N2CCS(=O)(=O)CC2)CC1. The number of hydrogen-bond donors (Lipinski definition) is 1. The van der Waals surface area contributed by atoms with Crippen LogP contribution < -0.4 is 5.32 Å². The van der Waals surface area contributed by atoms with Gasteiger partial charge in [0.1, 0.15) is 0 Å². The van der Waals surface area contributed by atoms with Crippen LogP contribution in [0.3, 0.4) is 0 Å². The molecule has 1 aliphatic heterocycles. The van der Waals surface area contributed by atoms with Crippen molar-refractivity contribution in [1.82, 2.24) is 10.2 Å². The normalized spacial score (nSPS) is 36.1. The van der Waals surface area contributed by atoms with Gasteiger partial charge in [-0.3, -0.25) is 4.90 Å². The quantitative estimate of drug-likeness (QED) is 0.759. The first-order valence-corrected chi connectivity index (χ1v) is 8.04. The third kappa shape index (κ3) is 2.96. The molecule has 1 saturated carbocycles. The molecule has 0 aromatic rings. The molecule has 1 N–H and O–H groups in total. The molecule has 2 fully saturated rings. The third-order valence-corrected chi connectivity index (χ3v) is 5.61. The Balaban J connectivity index is 1.82. The lowest BCUT2D eigenvalue weighted by molar-refractivity contribution is 0.156. The lowest BCUT2D eigenvalue weighted by Crippen LogP contribution is -2.48. The molecule has 16 heavy (non-hydrogen) atoms. The van der Waals surface area contributed by atoms with Gasteiger partial charge in [0, 0.05) is 25.2 Å². The van der Waals surface area contributed by atoms with Gasteiger partial charge < -0.3 is 5.32 Å². The van der Waals surface area contributed by atoms with Crippen LogP contribution in [0.4, 0.5) is 0 Å². The van der Waals surface area contributed by atoms with E-state index in [1.807, 2.05) is 7.05 Å². The molecule has 4 nitrogen and oxygen atoms in total. The maximum absolute atomic E-state index is 11.3. The highest BCUT2D eigenvalue weighted by Gasteiger charge is 2.29. The molecular formula is C11H22N2O2S. The van der Waals surface area contributed by atoms with Gasteiger partial charge in [-0.05, 0) is 32.7 Å². The fourth-order valence-corrected chi connectivity index (χ4v) is 4.05. The average molecular weight is 246 g/mol. The maximum atomic E-state index is 11.3. The summed E-state index contributed by atoms with van der Waals surface area (Å²) in [4.78, 5) is 2.38. The Morgan fingerprint density at radius 2 is 1.62 bits per heavy atom. The van der Waals surface area contributed by atoms with Crippen LogP contribution >= 0.6 is 0 Å². The molecule has 5 heteroatoms. The highest BCUT2D eigenvalue weighted by atomic mass is 32.2. The van der Waals surface area contributed by atoms with Gasteiger partial charge in [-0.15, -0.1) is 0 Å². The zero-order chi connectivity index (χ0) is 11.6. The van der Waals surface area contributed by atoms with Crippen LogP contribution in [0.25, 0.3) is 0 Å². The van der Waals surface area contributed by atoms with Crippen molar-refractivity contribution in [1.29, 1.82) is 0 Å². The fraction of sp³-hybridized carbons (Fsp3) is 1.00. The molecule has 0 atom stereocenters. The molecule has 94 valence electrons. The van der Waals surface area contributed by atoms with E-state index in [4.69, 9.17) is 0 Å². The topological polar surface area (TPSA) is 49.4 Å². The zero-order valence-electron chi connectivity index (χ0n) is 9.98. The first-order chi connectivity index (χ1) is 7.61. The highest BCUT2D eigenvalue weighted by molar-refractivity contribution is 7.91. The number of sulfone groups is 1. The maximum Gasteiger partial charge on any atom is 0.152 e. The summed E-state index contributed by atoms with van der Waals surface area (Å²) in [6, 6.07) is 1.30. The fourth-order valence-electron chi connectivity index (χ4n) is 2.82. The molecule has 0 unspecified atom stereocenters. The Bertz CT molecular complexity index is 307. The molecule has 0 bridgehead atoms. The molecule has 2 rings (SSSR count). The molecule has 1 heterocycles. The van der Waals surface area contributed by atoms with Crippen LogP contribution in [0.2, 0.25) is 0 Å². The molecule has 0 aromatic carbocycles. The Morgan fingerprint density at radius 1 is 1.06 bits per heavy atom.